The second kappa shape index (κ2) is 6.42. The van der Waals surface area contributed by atoms with Crippen molar-refractivity contribution in [3.8, 4) is 5.75 Å². The van der Waals surface area contributed by atoms with Gasteiger partial charge in [0.15, 0.2) is 5.82 Å². The van der Waals surface area contributed by atoms with Gasteiger partial charge in [0.25, 0.3) is 5.91 Å². The minimum Gasteiger partial charge on any atom is -0.406 e. The fourth-order valence-corrected chi connectivity index (χ4v) is 3.31. The summed E-state index contributed by atoms with van der Waals surface area (Å²) >= 11 is 0. The molecule has 0 aliphatic carbocycles. The monoisotopic (exact) mass is 353 g/mol. The van der Waals surface area contributed by atoms with Gasteiger partial charge >= 0.3 is 6.36 Å². The van der Waals surface area contributed by atoms with E-state index in [4.69, 9.17) is 0 Å². The number of carbonyl (C=O) groups is 1. The van der Waals surface area contributed by atoms with Gasteiger partial charge in [0.1, 0.15) is 5.75 Å². The molecular weight excluding hydrogens is 335 g/mol. The number of benzene rings is 1. The van der Waals surface area contributed by atoms with Crippen molar-refractivity contribution in [1.29, 1.82) is 0 Å². The van der Waals surface area contributed by atoms with Crippen molar-refractivity contribution in [3.05, 3.63) is 48.0 Å². The number of aromatic amines is 1. The second-order valence-electron chi connectivity index (χ2n) is 6.36. The first kappa shape index (κ1) is 17.3. The van der Waals surface area contributed by atoms with E-state index >= 15 is 0 Å². The molecule has 134 valence electrons. The largest absolute Gasteiger partial charge is 0.573 e. The van der Waals surface area contributed by atoms with Crippen molar-refractivity contribution < 1.29 is 22.7 Å². The third-order valence-electron chi connectivity index (χ3n) is 4.44. The summed E-state index contributed by atoms with van der Waals surface area (Å²) in [7, 11) is 0. The Labute approximate surface area is 142 Å². The zero-order valence-corrected chi connectivity index (χ0v) is 13.6. The van der Waals surface area contributed by atoms with E-state index in [0.29, 0.717) is 18.8 Å². The Hall–Kier alpha value is -2.51. The quantitative estimate of drug-likeness (QED) is 0.915. The minimum absolute atomic E-state index is 0.165. The fraction of sp³-hybridized carbons (Fsp3) is 0.412. The molecule has 0 radical (unpaired) electrons. The van der Waals surface area contributed by atoms with Crippen LogP contribution >= 0.6 is 0 Å². The van der Waals surface area contributed by atoms with Gasteiger partial charge in [0.05, 0.1) is 0 Å². The van der Waals surface area contributed by atoms with E-state index in [9.17, 15) is 18.0 Å². The smallest absolute Gasteiger partial charge is 0.406 e. The molecule has 8 heteroatoms. The van der Waals surface area contributed by atoms with E-state index in [0.717, 1.165) is 18.4 Å². The summed E-state index contributed by atoms with van der Waals surface area (Å²) in [6, 6.07) is 5.78. The van der Waals surface area contributed by atoms with Crippen LogP contribution in [0.4, 0.5) is 13.2 Å². The van der Waals surface area contributed by atoms with Gasteiger partial charge in [-0.05, 0) is 43.9 Å². The molecule has 1 N–H and O–H groups in total. The number of H-pyrrole nitrogens is 1. The Morgan fingerprint density at radius 1 is 1.36 bits per heavy atom. The molecule has 1 fully saturated rings. The SMILES string of the molecule is CC1(Cc2ccc(OC(F)(F)F)cc2)CCCN1C(=O)c1ncc[nH]1. The fourth-order valence-electron chi connectivity index (χ4n) is 3.31. The van der Waals surface area contributed by atoms with Crippen molar-refractivity contribution in [2.75, 3.05) is 6.54 Å². The molecule has 5 nitrogen and oxygen atoms in total. The lowest BCUT2D eigenvalue weighted by molar-refractivity contribution is -0.274. The average molecular weight is 353 g/mol. The second-order valence-corrected chi connectivity index (χ2v) is 6.36. The molecule has 1 aliphatic heterocycles. The first-order chi connectivity index (χ1) is 11.8. The highest BCUT2D eigenvalue weighted by Gasteiger charge is 2.40. The first-order valence-electron chi connectivity index (χ1n) is 7.93. The van der Waals surface area contributed by atoms with E-state index in [2.05, 4.69) is 14.7 Å². The lowest BCUT2D eigenvalue weighted by atomic mass is 9.90. The van der Waals surface area contributed by atoms with Crippen LogP contribution in [0.1, 0.15) is 35.9 Å². The van der Waals surface area contributed by atoms with Crippen LogP contribution in [0.5, 0.6) is 5.75 Å². The normalized spacial score (nSPS) is 20.7. The summed E-state index contributed by atoms with van der Waals surface area (Å²) in [6.45, 7) is 2.62. The van der Waals surface area contributed by atoms with Gasteiger partial charge in [0, 0.05) is 24.5 Å². The number of ether oxygens (including phenoxy) is 1. The minimum atomic E-state index is -4.70. The van der Waals surface area contributed by atoms with E-state index in [1.165, 1.54) is 18.3 Å². The topological polar surface area (TPSA) is 58.2 Å². The molecular formula is C17H18F3N3O2. The molecule has 1 saturated heterocycles. The molecule has 25 heavy (non-hydrogen) atoms. The van der Waals surface area contributed by atoms with Crippen molar-refractivity contribution in [2.24, 2.45) is 0 Å². The van der Waals surface area contributed by atoms with Gasteiger partial charge in [-0.1, -0.05) is 12.1 Å². The third kappa shape index (κ3) is 3.94. The van der Waals surface area contributed by atoms with Crippen LogP contribution in [0.3, 0.4) is 0 Å². The summed E-state index contributed by atoms with van der Waals surface area (Å²) in [4.78, 5) is 21.2. The van der Waals surface area contributed by atoms with Crippen LogP contribution in [0.15, 0.2) is 36.7 Å². The molecule has 0 saturated carbocycles. The van der Waals surface area contributed by atoms with E-state index in [-0.39, 0.29) is 11.7 Å². The molecule has 1 atom stereocenters. The number of nitrogens with one attached hydrogen (secondary N) is 1. The standard InChI is InChI=1S/C17H18F3N3O2/c1-16(7-2-10-23(16)15(24)14-21-8-9-22-14)11-12-3-5-13(6-4-12)25-17(18,19)20/h3-6,8-9H,2,7,10-11H2,1H3,(H,21,22). The maximum atomic E-state index is 12.6. The van der Waals surface area contributed by atoms with Gasteiger partial charge in [-0.15, -0.1) is 13.2 Å². The van der Waals surface area contributed by atoms with Gasteiger partial charge in [-0.2, -0.15) is 0 Å². The maximum Gasteiger partial charge on any atom is 0.573 e. The van der Waals surface area contributed by atoms with Crippen molar-refractivity contribution >= 4 is 5.91 Å². The molecule has 1 amide bonds. The number of hydrogen-bond acceptors (Lipinski definition) is 3. The zero-order chi connectivity index (χ0) is 18.1. The lowest BCUT2D eigenvalue weighted by Gasteiger charge is -2.35. The number of aromatic nitrogens is 2. The van der Waals surface area contributed by atoms with E-state index in [1.807, 2.05) is 6.92 Å². The number of hydrogen-bond donors (Lipinski definition) is 1. The Kier molecular flexibility index (Phi) is 4.45. The number of alkyl halides is 3. The van der Waals surface area contributed by atoms with Crippen molar-refractivity contribution in [1.82, 2.24) is 14.9 Å². The number of imidazole rings is 1. The molecule has 1 aliphatic rings. The van der Waals surface area contributed by atoms with Crippen LogP contribution < -0.4 is 4.74 Å². The number of carbonyl (C=O) groups excluding carboxylic acids is 1. The highest BCUT2D eigenvalue weighted by atomic mass is 19.4. The highest BCUT2D eigenvalue weighted by Crippen LogP contribution is 2.34. The van der Waals surface area contributed by atoms with E-state index in [1.54, 1.807) is 23.2 Å². The maximum absolute atomic E-state index is 12.6. The Morgan fingerprint density at radius 3 is 2.68 bits per heavy atom. The first-order valence-corrected chi connectivity index (χ1v) is 7.93. The molecule has 2 heterocycles. The number of likely N-dealkylation sites (tertiary alicyclic amines) is 1. The third-order valence-corrected chi connectivity index (χ3v) is 4.44. The number of amides is 1. The van der Waals surface area contributed by atoms with Crippen molar-refractivity contribution in [3.63, 3.8) is 0 Å². The van der Waals surface area contributed by atoms with Gasteiger partial charge < -0.3 is 14.6 Å². The van der Waals surface area contributed by atoms with Crippen LogP contribution in [0.25, 0.3) is 0 Å². The van der Waals surface area contributed by atoms with Gasteiger partial charge in [0.2, 0.25) is 0 Å². The van der Waals surface area contributed by atoms with Crippen LogP contribution in [0.2, 0.25) is 0 Å². The number of nitrogens with zero attached hydrogens (tertiary/aromatic N) is 2. The van der Waals surface area contributed by atoms with Crippen LogP contribution in [0, 0.1) is 0 Å². The number of halogens is 3. The molecule has 0 bridgehead atoms. The summed E-state index contributed by atoms with van der Waals surface area (Å²) in [6.07, 6.45) is 0.662. The Morgan fingerprint density at radius 2 is 2.08 bits per heavy atom. The molecule has 2 aromatic rings. The predicted octanol–water partition coefficient (Wildman–Crippen LogP) is 3.55. The summed E-state index contributed by atoms with van der Waals surface area (Å²) in [5.74, 6) is -0.125. The predicted molar refractivity (Wildman–Crippen MR) is 84.1 cm³/mol. The Bertz CT molecular complexity index is 729. The van der Waals surface area contributed by atoms with Crippen LogP contribution in [-0.4, -0.2) is 39.2 Å². The van der Waals surface area contributed by atoms with Gasteiger partial charge in [-0.3, -0.25) is 4.79 Å². The number of rotatable bonds is 4. The molecule has 1 unspecified atom stereocenters. The van der Waals surface area contributed by atoms with Crippen LogP contribution in [-0.2, 0) is 6.42 Å². The zero-order valence-electron chi connectivity index (χ0n) is 13.6. The lowest BCUT2D eigenvalue weighted by Crippen LogP contribution is -2.47. The molecule has 0 spiro atoms. The summed E-state index contributed by atoms with van der Waals surface area (Å²) in [5.41, 5.74) is 0.437. The highest BCUT2D eigenvalue weighted by molar-refractivity contribution is 5.91. The molecule has 3 rings (SSSR count). The van der Waals surface area contributed by atoms with Crippen molar-refractivity contribution in [2.45, 2.75) is 38.1 Å². The Balaban J connectivity index is 1.73. The average Bonchev–Trinajstić information content (AvgIpc) is 3.17. The van der Waals surface area contributed by atoms with Gasteiger partial charge in [-0.25, -0.2) is 4.98 Å². The summed E-state index contributed by atoms with van der Waals surface area (Å²) < 4.78 is 40.6. The molecule has 1 aromatic carbocycles. The van der Waals surface area contributed by atoms with E-state index < -0.39 is 11.9 Å². The molecule has 1 aromatic heterocycles. The summed E-state index contributed by atoms with van der Waals surface area (Å²) in [5, 5.41) is 0.